The van der Waals surface area contributed by atoms with Crippen LogP contribution in [0.15, 0.2) is 0 Å². The van der Waals surface area contributed by atoms with E-state index >= 15 is 0 Å². The van der Waals surface area contributed by atoms with Gasteiger partial charge in [-0.05, 0) is 0 Å². The summed E-state index contributed by atoms with van der Waals surface area (Å²) in [6.45, 7) is 4.25. The van der Waals surface area contributed by atoms with Gasteiger partial charge in [0.05, 0.1) is 0 Å². The van der Waals surface area contributed by atoms with E-state index in [2.05, 4.69) is 13.8 Å². The van der Waals surface area contributed by atoms with Crippen molar-refractivity contribution in [3.05, 3.63) is 0 Å². The van der Waals surface area contributed by atoms with Gasteiger partial charge in [0.25, 0.3) is 0 Å². The maximum Gasteiger partial charge on any atom is 0.448 e. The first-order valence-electron chi connectivity index (χ1n) is 2.17. The lowest BCUT2D eigenvalue weighted by Crippen LogP contribution is -1.88. The molecule has 4 heteroatoms. The molecule has 0 N–H and O–H groups in total. The molecule has 0 saturated heterocycles. The monoisotopic (exact) mass is 192 g/mol. The smallest absolute Gasteiger partial charge is 0.160 e. The van der Waals surface area contributed by atoms with Gasteiger partial charge in [-0.1, -0.05) is 20.3 Å². The first kappa shape index (κ1) is 11.1. The highest BCUT2D eigenvalue weighted by molar-refractivity contribution is 9.09. The first-order chi connectivity index (χ1) is 3.41. The summed E-state index contributed by atoms with van der Waals surface area (Å²) < 4.78 is 30.8. The summed E-state index contributed by atoms with van der Waals surface area (Å²) in [6.07, 6.45) is 1.25. The molecule has 0 unspecified atom stereocenters. The van der Waals surface area contributed by atoms with Crippen molar-refractivity contribution in [3.63, 3.8) is 0 Å². The Labute approximate surface area is 55.2 Å². The maximum absolute atomic E-state index is 10.3. The molecule has 0 aliphatic carbocycles. The predicted octanol–water partition coefficient (Wildman–Crippen LogP) is 3.32. The summed E-state index contributed by atoms with van der Waals surface area (Å²) in [5.74, 6) is 0. The number of hydrogen-bond donors (Lipinski definition) is 0. The van der Waals surface area contributed by atoms with Crippen LogP contribution in [0.1, 0.15) is 20.3 Å². The van der Waals surface area contributed by atoms with E-state index in [4.69, 9.17) is 0 Å². The van der Waals surface area contributed by atoms with E-state index in [1.165, 1.54) is 22.4 Å². The molecule has 0 aromatic carbocycles. The number of rotatable bonds is 0. The van der Waals surface area contributed by atoms with Crippen LogP contribution in [-0.2, 0) is 0 Å². The van der Waals surface area contributed by atoms with Gasteiger partial charge >= 0.3 is 5.09 Å². The summed E-state index contributed by atoms with van der Waals surface area (Å²) in [4.78, 5) is 0. The molecule has 52 valence electrons. The molecule has 0 aromatic heterocycles. The lowest BCUT2D eigenvalue weighted by atomic mass is 10.6. The van der Waals surface area contributed by atoms with Crippen molar-refractivity contribution >= 4 is 15.9 Å². The Morgan fingerprint density at radius 3 is 1.25 bits per heavy atom. The summed E-state index contributed by atoms with van der Waals surface area (Å²) >= 11 is 1.38. The maximum atomic E-state index is 10.3. The number of hydrogen-bond acceptors (Lipinski definition) is 0. The lowest BCUT2D eigenvalue weighted by Gasteiger charge is -1.85. The molecule has 0 aliphatic heterocycles. The third-order valence-corrected chi connectivity index (χ3v) is 0. The van der Waals surface area contributed by atoms with Gasteiger partial charge in [-0.25, -0.2) is 0 Å². The zero-order chi connectivity index (χ0) is 7.21. The normalized spacial score (nSPS) is 9.75. The fraction of sp³-hybridized carbons (Fsp3) is 1.00. The highest BCUT2D eigenvalue weighted by atomic mass is 79.9. The largest absolute Gasteiger partial charge is 0.448 e. The Hall–Kier alpha value is 0.270. The van der Waals surface area contributed by atoms with Crippen LogP contribution in [-0.4, -0.2) is 5.09 Å². The van der Waals surface area contributed by atoms with E-state index in [0.29, 0.717) is 0 Å². The molecule has 0 spiro atoms. The summed E-state index contributed by atoms with van der Waals surface area (Å²) in [5.41, 5.74) is 0. The van der Waals surface area contributed by atoms with Gasteiger partial charge in [0, 0.05) is 15.9 Å². The summed E-state index contributed by atoms with van der Waals surface area (Å²) in [5, 5.41) is -4.19. The predicted molar refractivity (Wildman–Crippen MR) is 30.9 cm³/mol. The molecule has 0 atom stereocenters. The molecule has 0 aromatic rings. The minimum atomic E-state index is -4.19. The van der Waals surface area contributed by atoms with Gasteiger partial charge in [0.15, 0.2) is 0 Å². The van der Waals surface area contributed by atoms with Gasteiger partial charge in [-0.2, -0.15) is 13.2 Å². The molecule has 0 bridgehead atoms. The van der Waals surface area contributed by atoms with Gasteiger partial charge in [-0.15, -0.1) is 0 Å². The van der Waals surface area contributed by atoms with Crippen molar-refractivity contribution < 1.29 is 13.2 Å². The summed E-state index contributed by atoms with van der Waals surface area (Å²) in [7, 11) is 0. The highest BCUT2D eigenvalue weighted by Gasteiger charge is 2.19. The Balaban J connectivity index is 0. The Morgan fingerprint density at radius 1 is 1.25 bits per heavy atom. The number of halogens is 4. The second-order valence-corrected chi connectivity index (χ2v) is 2.03. The fourth-order valence-electron chi connectivity index (χ4n) is 0. The van der Waals surface area contributed by atoms with Crippen molar-refractivity contribution in [3.8, 4) is 0 Å². The van der Waals surface area contributed by atoms with Crippen molar-refractivity contribution in [2.45, 2.75) is 25.4 Å². The quantitative estimate of drug-likeness (QED) is 0.517. The second-order valence-electron chi connectivity index (χ2n) is 1.14. The molecular formula is C4H8BrF3. The molecular weight excluding hydrogens is 185 g/mol. The van der Waals surface area contributed by atoms with Crippen molar-refractivity contribution in [1.82, 2.24) is 0 Å². The van der Waals surface area contributed by atoms with Crippen LogP contribution in [0, 0.1) is 0 Å². The van der Waals surface area contributed by atoms with Crippen LogP contribution in [0.25, 0.3) is 0 Å². The number of alkyl halides is 4. The van der Waals surface area contributed by atoms with Gasteiger partial charge in [0.1, 0.15) is 0 Å². The minimum absolute atomic E-state index is 1.25. The van der Waals surface area contributed by atoms with E-state index in [1.54, 1.807) is 0 Å². The van der Waals surface area contributed by atoms with Crippen molar-refractivity contribution in [1.29, 1.82) is 0 Å². The Morgan fingerprint density at radius 2 is 1.25 bits per heavy atom. The lowest BCUT2D eigenvalue weighted by molar-refractivity contribution is -0.0245. The topological polar surface area (TPSA) is 0 Å². The van der Waals surface area contributed by atoms with E-state index in [9.17, 15) is 13.2 Å². The molecule has 0 radical (unpaired) electrons. The van der Waals surface area contributed by atoms with Crippen LogP contribution in [0.3, 0.4) is 0 Å². The SMILES string of the molecule is CCC.FC(F)(F)Br. The minimum Gasteiger partial charge on any atom is -0.160 e. The molecule has 0 heterocycles. The van der Waals surface area contributed by atoms with E-state index in [-0.39, 0.29) is 0 Å². The molecule has 0 saturated carbocycles. The summed E-state index contributed by atoms with van der Waals surface area (Å²) in [6, 6.07) is 0. The third-order valence-electron chi connectivity index (χ3n) is 0. The molecule has 0 fully saturated rings. The zero-order valence-corrected chi connectivity index (χ0v) is 6.30. The van der Waals surface area contributed by atoms with Crippen molar-refractivity contribution in [2.24, 2.45) is 0 Å². The van der Waals surface area contributed by atoms with E-state index in [0.717, 1.165) is 0 Å². The highest BCUT2D eigenvalue weighted by Crippen LogP contribution is 2.21. The van der Waals surface area contributed by atoms with Gasteiger partial charge < -0.3 is 0 Å². The van der Waals surface area contributed by atoms with Crippen LogP contribution in [0.5, 0.6) is 0 Å². The Bertz CT molecular complexity index is 35.0. The van der Waals surface area contributed by atoms with Crippen LogP contribution in [0.2, 0.25) is 0 Å². The molecule has 0 rings (SSSR count). The average Bonchev–Trinajstić information content (AvgIpc) is 1.27. The molecule has 0 aliphatic rings. The van der Waals surface area contributed by atoms with Crippen LogP contribution < -0.4 is 0 Å². The molecule has 0 amide bonds. The average molecular weight is 193 g/mol. The second kappa shape index (κ2) is 5.41. The Kier molecular flexibility index (Phi) is 7.52. The van der Waals surface area contributed by atoms with Crippen molar-refractivity contribution in [2.75, 3.05) is 0 Å². The fourth-order valence-corrected chi connectivity index (χ4v) is 0. The first-order valence-corrected chi connectivity index (χ1v) is 2.96. The molecule has 0 nitrogen and oxygen atoms in total. The molecule has 8 heavy (non-hydrogen) atoms. The van der Waals surface area contributed by atoms with E-state index < -0.39 is 5.09 Å². The zero-order valence-electron chi connectivity index (χ0n) is 4.72. The van der Waals surface area contributed by atoms with Gasteiger partial charge in [0.2, 0.25) is 0 Å². The van der Waals surface area contributed by atoms with Gasteiger partial charge in [-0.3, -0.25) is 0 Å². The third kappa shape index (κ3) is 2390. The standard InChI is InChI=1S/C3H8.CBrF3/c1-3-2;2-1(3,4)5/h3H2,1-2H3;. The van der Waals surface area contributed by atoms with E-state index in [1.807, 2.05) is 0 Å². The van der Waals surface area contributed by atoms with Crippen LogP contribution >= 0.6 is 15.9 Å². The van der Waals surface area contributed by atoms with Crippen LogP contribution in [0.4, 0.5) is 13.2 Å².